The Labute approximate surface area is 157 Å². The van der Waals surface area contributed by atoms with Crippen molar-refractivity contribution < 1.29 is 10.9 Å². The minimum atomic E-state index is -3.80. The average molecular weight is 468 g/mol. The van der Waals surface area contributed by atoms with Crippen molar-refractivity contribution in [2.24, 2.45) is 5.92 Å². The molecule has 3 nitrogen and oxygen atoms in total. The Morgan fingerprint density at radius 3 is 2.28 bits per heavy atom. The Morgan fingerprint density at radius 2 is 1.64 bits per heavy atom. The van der Waals surface area contributed by atoms with Gasteiger partial charge in [0, 0.05) is 0 Å². The van der Waals surface area contributed by atoms with Gasteiger partial charge in [-0.05, 0) is 0 Å². The quantitative estimate of drug-likeness (QED) is 0.461. The molecule has 1 saturated carbocycles. The molecule has 0 saturated heterocycles. The second-order valence-corrected chi connectivity index (χ2v) is 11.9. The van der Waals surface area contributed by atoms with Crippen molar-refractivity contribution in [1.29, 1.82) is 0 Å². The van der Waals surface area contributed by atoms with E-state index in [9.17, 15) is 8.42 Å². The number of hydrogen-bond acceptors (Lipinski definition) is 3. The van der Waals surface area contributed by atoms with Crippen LogP contribution in [-0.4, -0.2) is 8.42 Å². The van der Waals surface area contributed by atoms with Crippen molar-refractivity contribution >= 4 is 30.4 Å². The zero-order valence-electron chi connectivity index (χ0n) is 14.1. The zero-order chi connectivity index (χ0) is 17.7. The summed E-state index contributed by atoms with van der Waals surface area (Å²) in [7, 11) is -3.80. The first-order valence-corrected chi connectivity index (χ1v) is 12.8. The first-order chi connectivity index (χ1) is 12.0. The Kier molecular flexibility index (Phi) is 6.15. The molecule has 5 heteroatoms. The molecule has 25 heavy (non-hydrogen) atoms. The maximum atomic E-state index is 12.7. The third kappa shape index (κ3) is 5.06. The van der Waals surface area contributed by atoms with E-state index in [4.69, 9.17) is 2.51 Å². The summed E-state index contributed by atoms with van der Waals surface area (Å²) in [5.74, 6) is 3.68. The van der Waals surface area contributed by atoms with Crippen LogP contribution in [0.3, 0.4) is 0 Å². The van der Waals surface area contributed by atoms with E-state index in [1.54, 1.807) is 24.3 Å². The standard InChI is InChI=1S/C20H21IO3S/c1-17-11-13-20(14-12-17)25(22,23)24-21(19-9-3-2-4-10-19)16-15-18-7-5-6-8-18/h2-4,9-14,18H,5-8H2,1H3. The molecule has 1 aliphatic carbocycles. The fraction of sp³-hybridized carbons (Fsp3) is 0.300. The second-order valence-electron chi connectivity index (χ2n) is 6.09. The van der Waals surface area contributed by atoms with Gasteiger partial charge in [-0.2, -0.15) is 0 Å². The van der Waals surface area contributed by atoms with E-state index >= 15 is 0 Å². The predicted octanol–water partition coefficient (Wildman–Crippen LogP) is 5.14. The monoisotopic (exact) mass is 468 g/mol. The van der Waals surface area contributed by atoms with Gasteiger partial charge in [-0.1, -0.05) is 0 Å². The van der Waals surface area contributed by atoms with E-state index in [0.29, 0.717) is 5.92 Å². The maximum absolute atomic E-state index is 12.7. The number of aryl methyl sites for hydroxylation is 1. The van der Waals surface area contributed by atoms with Gasteiger partial charge in [0.15, 0.2) is 0 Å². The van der Waals surface area contributed by atoms with Crippen LogP contribution in [0.15, 0.2) is 59.5 Å². The van der Waals surface area contributed by atoms with Crippen LogP contribution < -0.4 is 0 Å². The van der Waals surface area contributed by atoms with Gasteiger partial charge in [0.05, 0.1) is 0 Å². The van der Waals surface area contributed by atoms with Crippen molar-refractivity contribution in [3.8, 4) is 9.85 Å². The summed E-state index contributed by atoms with van der Waals surface area (Å²) in [6.45, 7) is 1.92. The molecule has 2 aromatic rings. The van der Waals surface area contributed by atoms with Gasteiger partial charge < -0.3 is 0 Å². The summed E-state index contributed by atoms with van der Waals surface area (Å²) in [6.07, 6.45) is 4.63. The van der Waals surface area contributed by atoms with Crippen LogP contribution in [0.2, 0.25) is 0 Å². The topological polar surface area (TPSA) is 43.4 Å². The molecule has 0 aromatic heterocycles. The van der Waals surface area contributed by atoms with E-state index < -0.39 is 30.4 Å². The van der Waals surface area contributed by atoms with E-state index in [1.165, 1.54) is 12.8 Å². The van der Waals surface area contributed by atoms with Crippen molar-refractivity contribution in [1.82, 2.24) is 0 Å². The van der Waals surface area contributed by atoms with Crippen LogP contribution >= 0.6 is 20.2 Å². The number of hydrogen-bond donors (Lipinski definition) is 0. The zero-order valence-corrected chi connectivity index (χ0v) is 17.1. The van der Waals surface area contributed by atoms with Crippen LogP contribution in [0.5, 0.6) is 0 Å². The molecular formula is C20H21IO3S. The molecule has 0 atom stereocenters. The molecule has 0 amide bonds. The summed E-state index contributed by atoms with van der Waals surface area (Å²) in [6, 6.07) is 16.3. The Hall–Kier alpha value is -1.36. The van der Waals surface area contributed by atoms with Gasteiger partial charge in [-0.25, -0.2) is 0 Å². The fourth-order valence-electron chi connectivity index (χ4n) is 2.66. The Bertz CT molecular complexity index is 859. The normalized spacial score (nSPS) is 15.5. The first kappa shape index (κ1) is 18.4. The molecule has 0 spiro atoms. The summed E-state index contributed by atoms with van der Waals surface area (Å²) in [5.41, 5.74) is 1.01. The SMILES string of the molecule is Cc1ccc(S(=O)(=O)OI(C#CC2CCCC2)c2ccccc2)cc1. The molecular weight excluding hydrogens is 447 g/mol. The van der Waals surface area contributed by atoms with Gasteiger partial charge in [0.25, 0.3) is 0 Å². The predicted molar refractivity (Wildman–Crippen MR) is 108 cm³/mol. The van der Waals surface area contributed by atoms with Crippen LogP contribution in [-0.2, 0) is 12.6 Å². The fourth-order valence-corrected chi connectivity index (χ4v) is 8.51. The van der Waals surface area contributed by atoms with Crippen molar-refractivity contribution in [3.63, 3.8) is 0 Å². The summed E-state index contributed by atoms with van der Waals surface area (Å²) in [5, 5.41) is 0. The second kappa shape index (κ2) is 8.35. The molecule has 0 unspecified atom stereocenters. The molecule has 0 N–H and O–H groups in total. The van der Waals surface area contributed by atoms with E-state index in [1.807, 2.05) is 37.3 Å². The summed E-state index contributed by atoms with van der Waals surface area (Å²) >= 11 is -2.61. The molecule has 0 radical (unpaired) electrons. The third-order valence-corrected chi connectivity index (χ3v) is 10.4. The minimum absolute atomic E-state index is 0.194. The molecule has 0 heterocycles. The molecule has 0 bridgehead atoms. The molecule has 2 aromatic carbocycles. The number of rotatable bonds is 4. The van der Waals surface area contributed by atoms with Crippen molar-refractivity contribution in [2.75, 3.05) is 0 Å². The molecule has 3 rings (SSSR count). The van der Waals surface area contributed by atoms with Crippen LogP contribution in [0.25, 0.3) is 0 Å². The van der Waals surface area contributed by atoms with E-state index in [2.05, 4.69) is 9.85 Å². The Balaban J connectivity index is 1.87. The van der Waals surface area contributed by atoms with Crippen LogP contribution in [0.1, 0.15) is 31.2 Å². The molecule has 1 aliphatic rings. The third-order valence-electron chi connectivity index (χ3n) is 4.09. The average Bonchev–Trinajstić information content (AvgIpc) is 3.13. The summed E-state index contributed by atoms with van der Waals surface area (Å²) < 4.78 is 35.1. The summed E-state index contributed by atoms with van der Waals surface area (Å²) in [4.78, 5) is 0.194. The van der Waals surface area contributed by atoms with Gasteiger partial charge in [-0.15, -0.1) is 0 Å². The van der Waals surface area contributed by atoms with Crippen LogP contribution in [0, 0.1) is 26.3 Å². The molecule has 132 valence electrons. The number of benzene rings is 2. The first-order valence-electron chi connectivity index (χ1n) is 8.32. The molecule has 0 aliphatic heterocycles. The molecule has 1 fully saturated rings. The van der Waals surface area contributed by atoms with Crippen LogP contribution in [0.4, 0.5) is 0 Å². The van der Waals surface area contributed by atoms with Crippen molar-refractivity contribution in [3.05, 3.63) is 63.7 Å². The number of halogens is 1. The van der Waals surface area contributed by atoms with Gasteiger partial charge in [0.1, 0.15) is 0 Å². The van der Waals surface area contributed by atoms with Crippen molar-refractivity contribution in [2.45, 2.75) is 37.5 Å². The van der Waals surface area contributed by atoms with Gasteiger partial charge in [0.2, 0.25) is 0 Å². The van der Waals surface area contributed by atoms with E-state index in [-0.39, 0.29) is 4.90 Å². The van der Waals surface area contributed by atoms with Gasteiger partial charge >= 0.3 is 158 Å². The van der Waals surface area contributed by atoms with E-state index in [0.717, 1.165) is 22.0 Å². The Morgan fingerprint density at radius 1 is 1.00 bits per heavy atom. The van der Waals surface area contributed by atoms with Gasteiger partial charge in [-0.3, -0.25) is 0 Å².